The van der Waals surface area contributed by atoms with E-state index in [2.05, 4.69) is 10.2 Å². The second kappa shape index (κ2) is 7.98. The first kappa shape index (κ1) is 20.2. The SMILES string of the molecule is COc1cc(OC)c(Cl)c(C2CCc3c(-c4ccc(Cl)cc4N)n[nH]c3C2)c1Cl. The van der Waals surface area contributed by atoms with Gasteiger partial charge in [0.2, 0.25) is 0 Å². The molecule has 3 aromatic rings. The fraction of sp³-hybridized carbons (Fsp3) is 0.286. The van der Waals surface area contributed by atoms with Crippen molar-refractivity contribution in [3.05, 3.63) is 56.2 Å². The van der Waals surface area contributed by atoms with Crippen molar-refractivity contribution in [1.82, 2.24) is 10.2 Å². The van der Waals surface area contributed by atoms with Crippen LogP contribution in [0.2, 0.25) is 15.1 Å². The lowest BCUT2D eigenvalue weighted by atomic mass is 9.81. The summed E-state index contributed by atoms with van der Waals surface area (Å²) in [6, 6.07) is 7.18. The molecule has 1 aromatic heterocycles. The number of nitrogens with one attached hydrogen (secondary N) is 1. The summed E-state index contributed by atoms with van der Waals surface area (Å²) in [5, 5.41) is 9.36. The fourth-order valence-electron chi connectivity index (χ4n) is 3.99. The minimum atomic E-state index is 0.113. The van der Waals surface area contributed by atoms with Crippen LogP contribution < -0.4 is 15.2 Å². The summed E-state index contributed by atoms with van der Waals surface area (Å²) in [6.07, 6.45) is 2.41. The van der Waals surface area contributed by atoms with Crippen LogP contribution in [0.15, 0.2) is 24.3 Å². The van der Waals surface area contributed by atoms with E-state index >= 15 is 0 Å². The summed E-state index contributed by atoms with van der Waals surface area (Å²) in [5.41, 5.74) is 11.6. The van der Waals surface area contributed by atoms with Crippen molar-refractivity contribution in [1.29, 1.82) is 0 Å². The Hall–Kier alpha value is -2.08. The molecule has 1 heterocycles. The van der Waals surface area contributed by atoms with Crippen LogP contribution in [0, 0.1) is 0 Å². The lowest BCUT2D eigenvalue weighted by Gasteiger charge is -2.26. The Balaban J connectivity index is 1.72. The third kappa shape index (κ3) is 3.52. The van der Waals surface area contributed by atoms with Crippen LogP contribution in [-0.4, -0.2) is 24.4 Å². The quantitative estimate of drug-likeness (QED) is 0.483. The number of aromatic amines is 1. The van der Waals surface area contributed by atoms with Crippen LogP contribution in [0.5, 0.6) is 11.5 Å². The first-order valence-corrected chi connectivity index (χ1v) is 10.3. The van der Waals surface area contributed by atoms with Gasteiger partial charge in [-0.2, -0.15) is 5.10 Å². The van der Waals surface area contributed by atoms with Gasteiger partial charge in [-0.3, -0.25) is 5.10 Å². The molecule has 1 aliphatic rings. The molecule has 0 aliphatic heterocycles. The number of hydrogen-bond acceptors (Lipinski definition) is 4. The molecule has 2 aromatic carbocycles. The highest BCUT2D eigenvalue weighted by Gasteiger charge is 2.30. The van der Waals surface area contributed by atoms with Gasteiger partial charge in [-0.05, 0) is 43.4 Å². The lowest BCUT2D eigenvalue weighted by molar-refractivity contribution is 0.392. The van der Waals surface area contributed by atoms with Crippen molar-refractivity contribution in [2.75, 3.05) is 20.0 Å². The summed E-state index contributed by atoms with van der Waals surface area (Å²) >= 11 is 19.3. The van der Waals surface area contributed by atoms with Crippen molar-refractivity contribution in [2.45, 2.75) is 25.2 Å². The minimum Gasteiger partial charge on any atom is -0.495 e. The van der Waals surface area contributed by atoms with Crippen molar-refractivity contribution >= 4 is 40.5 Å². The normalized spacial score (nSPS) is 15.8. The molecule has 0 saturated carbocycles. The Bertz CT molecular complexity index is 1050. The number of nitrogens with zero attached hydrogens (tertiary/aromatic N) is 1. The minimum absolute atomic E-state index is 0.113. The number of anilines is 1. The highest BCUT2D eigenvalue weighted by atomic mass is 35.5. The summed E-state index contributed by atoms with van der Waals surface area (Å²) in [6.45, 7) is 0. The molecular weight excluding hydrogens is 433 g/mol. The number of fused-ring (bicyclic) bond motifs is 1. The molecule has 8 heteroatoms. The van der Waals surface area contributed by atoms with E-state index in [1.54, 1.807) is 26.4 Å². The van der Waals surface area contributed by atoms with Gasteiger partial charge in [-0.1, -0.05) is 34.8 Å². The molecule has 4 rings (SSSR count). The monoisotopic (exact) mass is 451 g/mol. The van der Waals surface area contributed by atoms with E-state index in [4.69, 9.17) is 50.0 Å². The van der Waals surface area contributed by atoms with Gasteiger partial charge < -0.3 is 15.2 Å². The van der Waals surface area contributed by atoms with Gasteiger partial charge in [0.15, 0.2) is 0 Å². The number of aromatic nitrogens is 2. The van der Waals surface area contributed by atoms with Crippen LogP contribution in [0.3, 0.4) is 0 Å². The number of rotatable bonds is 4. The Labute approximate surface area is 184 Å². The summed E-state index contributed by atoms with van der Waals surface area (Å²) in [5.74, 6) is 1.21. The van der Waals surface area contributed by atoms with Gasteiger partial charge in [0, 0.05) is 39.2 Å². The number of halogens is 3. The number of methoxy groups -OCH3 is 2. The van der Waals surface area contributed by atoms with Crippen LogP contribution in [-0.2, 0) is 12.8 Å². The molecular formula is C21H20Cl3N3O2. The van der Waals surface area contributed by atoms with Crippen molar-refractivity contribution in [2.24, 2.45) is 0 Å². The van der Waals surface area contributed by atoms with Crippen LogP contribution in [0.25, 0.3) is 11.3 Å². The average Bonchev–Trinajstić information content (AvgIpc) is 3.11. The Morgan fingerprint density at radius 3 is 2.38 bits per heavy atom. The summed E-state index contributed by atoms with van der Waals surface area (Å²) in [7, 11) is 3.16. The molecule has 29 heavy (non-hydrogen) atoms. The Kier molecular flexibility index (Phi) is 5.56. The first-order valence-electron chi connectivity index (χ1n) is 9.16. The molecule has 1 aliphatic carbocycles. The maximum Gasteiger partial charge on any atom is 0.141 e. The van der Waals surface area contributed by atoms with Crippen LogP contribution in [0.4, 0.5) is 5.69 Å². The maximum absolute atomic E-state index is 6.62. The number of hydrogen-bond donors (Lipinski definition) is 2. The van der Waals surface area contributed by atoms with Crippen molar-refractivity contribution in [3.63, 3.8) is 0 Å². The number of nitrogen functional groups attached to an aromatic ring is 1. The Morgan fingerprint density at radius 1 is 1.07 bits per heavy atom. The lowest BCUT2D eigenvalue weighted by Crippen LogP contribution is -2.14. The van der Waals surface area contributed by atoms with E-state index in [0.717, 1.165) is 47.3 Å². The average molecular weight is 453 g/mol. The van der Waals surface area contributed by atoms with Crippen LogP contribution in [0.1, 0.15) is 29.2 Å². The van der Waals surface area contributed by atoms with Gasteiger partial charge in [0.05, 0.1) is 30.0 Å². The van der Waals surface area contributed by atoms with Gasteiger partial charge in [-0.15, -0.1) is 0 Å². The van der Waals surface area contributed by atoms with E-state index in [9.17, 15) is 0 Å². The van der Waals surface area contributed by atoms with E-state index in [1.807, 2.05) is 12.1 Å². The first-order chi connectivity index (χ1) is 13.9. The second-order valence-electron chi connectivity index (χ2n) is 7.02. The van der Waals surface area contributed by atoms with E-state index in [0.29, 0.717) is 32.3 Å². The maximum atomic E-state index is 6.62. The molecule has 1 unspecified atom stereocenters. The standard InChI is InChI=1S/C21H20Cl3N3O2/c1-28-16-9-17(29-2)20(24)18(19(16)23)10-3-5-13-15(7-10)26-27-21(13)12-6-4-11(22)8-14(12)25/h4,6,8-10H,3,5,7,25H2,1-2H3,(H,26,27). The molecule has 152 valence electrons. The van der Waals surface area contributed by atoms with E-state index in [-0.39, 0.29) is 5.92 Å². The van der Waals surface area contributed by atoms with Gasteiger partial charge in [0.25, 0.3) is 0 Å². The molecule has 0 radical (unpaired) electrons. The number of nitrogens with two attached hydrogens (primary N) is 1. The predicted octanol–water partition coefficient (Wildman–Crippen LogP) is 5.91. The third-order valence-corrected chi connectivity index (χ3v) is 6.45. The van der Waals surface area contributed by atoms with Crippen molar-refractivity contribution < 1.29 is 9.47 Å². The number of H-pyrrole nitrogens is 1. The topological polar surface area (TPSA) is 73.2 Å². The van der Waals surface area contributed by atoms with Gasteiger partial charge in [-0.25, -0.2) is 0 Å². The second-order valence-corrected chi connectivity index (χ2v) is 8.22. The smallest absolute Gasteiger partial charge is 0.141 e. The van der Waals surface area contributed by atoms with Gasteiger partial charge >= 0.3 is 0 Å². The number of ether oxygens (including phenoxy) is 2. The molecule has 0 spiro atoms. The molecule has 0 amide bonds. The fourth-order valence-corrected chi connectivity index (χ4v) is 4.98. The van der Waals surface area contributed by atoms with Gasteiger partial charge in [0.1, 0.15) is 11.5 Å². The zero-order valence-electron chi connectivity index (χ0n) is 16.0. The largest absolute Gasteiger partial charge is 0.495 e. The Morgan fingerprint density at radius 2 is 1.76 bits per heavy atom. The summed E-state index contributed by atoms with van der Waals surface area (Å²) < 4.78 is 10.8. The molecule has 0 saturated heterocycles. The van der Waals surface area contributed by atoms with E-state index in [1.165, 1.54) is 0 Å². The van der Waals surface area contributed by atoms with Crippen molar-refractivity contribution in [3.8, 4) is 22.8 Å². The zero-order valence-corrected chi connectivity index (χ0v) is 18.3. The molecule has 5 nitrogen and oxygen atoms in total. The molecule has 0 bridgehead atoms. The zero-order chi connectivity index (χ0) is 20.7. The highest BCUT2D eigenvalue weighted by molar-refractivity contribution is 6.38. The third-order valence-electron chi connectivity index (χ3n) is 5.43. The molecule has 1 atom stereocenters. The highest BCUT2D eigenvalue weighted by Crippen LogP contribution is 2.48. The molecule has 3 N–H and O–H groups in total. The molecule has 0 fully saturated rings. The van der Waals surface area contributed by atoms with Crippen LogP contribution >= 0.6 is 34.8 Å². The number of benzene rings is 2. The van der Waals surface area contributed by atoms with E-state index < -0.39 is 0 Å². The summed E-state index contributed by atoms with van der Waals surface area (Å²) in [4.78, 5) is 0. The predicted molar refractivity (Wildman–Crippen MR) is 118 cm³/mol.